The van der Waals surface area contributed by atoms with Crippen molar-refractivity contribution in [1.82, 2.24) is 0 Å². The summed E-state index contributed by atoms with van der Waals surface area (Å²) in [7, 11) is 0. The van der Waals surface area contributed by atoms with Crippen molar-refractivity contribution in [1.29, 1.82) is 5.26 Å². The molecular weight excluding hydrogens is 191 g/mol. The van der Waals surface area contributed by atoms with Crippen LogP contribution in [0.5, 0.6) is 0 Å². The van der Waals surface area contributed by atoms with Gasteiger partial charge in [0.15, 0.2) is 0 Å². The fourth-order valence-electron chi connectivity index (χ4n) is 1.19. The molecule has 0 spiro atoms. The van der Waals surface area contributed by atoms with E-state index in [1.807, 2.05) is 6.07 Å². The Bertz CT molecular complexity index is 355. The maximum absolute atomic E-state index is 12.6. The molecule has 0 fully saturated rings. The smallest absolute Gasteiger partial charge is 0.207 e. The number of rotatable bonds is 3. The Labute approximate surface area is 79.8 Å². The van der Waals surface area contributed by atoms with Gasteiger partial charge in [0.05, 0.1) is 6.07 Å². The summed E-state index contributed by atoms with van der Waals surface area (Å²) in [5.74, 6) is -0.680. The largest absolute Gasteiger partial charge is 0.264 e. The predicted octanol–water partition coefficient (Wildman–Crippen LogP) is 3.22. The molecule has 0 aromatic heterocycles. The van der Waals surface area contributed by atoms with Crippen LogP contribution in [-0.2, 0) is 6.42 Å². The number of aryl methyl sites for hydroxylation is 1. The molecule has 4 heteroatoms. The third kappa shape index (κ3) is 2.49. The summed E-state index contributed by atoms with van der Waals surface area (Å²) >= 11 is 0. The second-order valence-electron chi connectivity index (χ2n) is 2.80. The van der Waals surface area contributed by atoms with Crippen LogP contribution < -0.4 is 0 Å². The molecule has 0 atom stereocenters. The Morgan fingerprint density at radius 2 is 2.07 bits per heavy atom. The maximum Gasteiger partial charge on any atom is 0.264 e. The van der Waals surface area contributed by atoms with Gasteiger partial charge >= 0.3 is 0 Å². The number of hydrogen-bond donors (Lipinski definition) is 0. The molecule has 0 saturated carbocycles. The topological polar surface area (TPSA) is 23.8 Å². The SMILES string of the molecule is N#CCCc1ccc(F)cc1C(F)F. The summed E-state index contributed by atoms with van der Waals surface area (Å²) in [4.78, 5) is 0. The average molecular weight is 199 g/mol. The van der Waals surface area contributed by atoms with Crippen molar-refractivity contribution in [2.45, 2.75) is 19.3 Å². The highest BCUT2D eigenvalue weighted by atomic mass is 19.3. The molecule has 1 aromatic rings. The highest BCUT2D eigenvalue weighted by Gasteiger charge is 2.13. The van der Waals surface area contributed by atoms with Crippen molar-refractivity contribution < 1.29 is 13.2 Å². The van der Waals surface area contributed by atoms with Crippen molar-refractivity contribution in [2.24, 2.45) is 0 Å². The lowest BCUT2D eigenvalue weighted by molar-refractivity contribution is 0.149. The molecule has 0 unspecified atom stereocenters. The molecule has 1 nitrogen and oxygen atoms in total. The van der Waals surface area contributed by atoms with E-state index in [2.05, 4.69) is 0 Å². The minimum absolute atomic E-state index is 0.158. The lowest BCUT2D eigenvalue weighted by atomic mass is 10.0. The van der Waals surface area contributed by atoms with Crippen LogP contribution in [0.25, 0.3) is 0 Å². The average Bonchev–Trinajstić information content (AvgIpc) is 2.15. The van der Waals surface area contributed by atoms with Crippen LogP contribution in [0, 0.1) is 17.1 Å². The van der Waals surface area contributed by atoms with E-state index in [4.69, 9.17) is 5.26 Å². The summed E-state index contributed by atoms with van der Waals surface area (Å²) in [6.45, 7) is 0. The highest BCUT2D eigenvalue weighted by Crippen LogP contribution is 2.24. The Morgan fingerprint density at radius 1 is 1.36 bits per heavy atom. The molecule has 0 radical (unpaired) electrons. The quantitative estimate of drug-likeness (QED) is 0.733. The van der Waals surface area contributed by atoms with E-state index in [-0.39, 0.29) is 18.4 Å². The molecule has 0 bridgehead atoms. The van der Waals surface area contributed by atoms with E-state index in [1.165, 1.54) is 6.07 Å². The Morgan fingerprint density at radius 3 is 2.64 bits per heavy atom. The molecule has 0 saturated heterocycles. The van der Waals surface area contributed by atoms with Gasteiger partial charge in [-0.3, -0.25) is 0 Å². The van der Waals surface area contributed by atoms with Gasteiger partial charge in [0, 0.05) is 12.0 Å². The van der Waals surface area contributed by atoms with E-state index < -0.39 is 12.2 Å². The van der Waals surface area contributed by atoms with Crippen LogP contribution in [0.4, 0.5) is 13.2 Å². The van der Waals surface area contributed by atoms with Gasteiger partial charge in [-0.2, -0.15) is 5.26 Å². The van der Waals surface area contributed by atoms with Gasteiger partial charge in [-0.25, -0.2) is 13.2 Å². The van der Waals surface area contributed by atoms with Crippen molar-refractivity contribution in [3.05, 3.63) is 35.1 Å². The van der Waals surface area contributed by atoms with E-state index in [0.29, 0.717) is 5.56 Å². The van der Waals surface area contributed by atoms with Gasteiger partial charge in [0.2, 0.25) is 0 Å². The molecule has 0 aliphatic heterocycles. The lowest BCUT2D eigenvalue weighted by Gasteiger charge is -2.06. The first-order valence-corrected chi connectivity index (χ1v) is 4.08. The fraction of sp³-hybridized carbons (Fsp3) is 0.300. The highest BCUT2D eigenvalue weighted by molar-refractivity contribution is 5.29. The number of nitrogens with zero attached hydrogens (tertiary/aromatic N) is 1. The van der Waals surface area contributed by atoms with E-state index in [1.54, 1.807) is 0 Å². The second-order valence-corrected chi connectivity index (χ2v) is 2.80. The van der Waals surface area contributed by atoms with Crippen LogP contribution in [0.2, 0.25) is 0 Å². The monoisotopic (exact) mass is 199 g/mol. The summed E-state index contributed by atoms with van der Waals surface area (Å²) in [5, 5.41) is 8.30. The van der Waals surface area contributed by atoms with Crippen LogP contribution in [0.1, 0.15) is 24.0 Å². The number of alkyl halides is 2. The first kappa shape index (κ1) is 10.6. The Hall–Kier alpha value is -1.50. The minimum atomic E-state index is -2.70. The van der Waals surface area contributed by atoms with Crippen molar-refractivity contribution in [2.75, 3.05) is 0 Å². The summed E-state index contributed by atoms with van der Waals surface area (Å²) in [6.07, 6.45) is -2.30. The number of halogens is 3. The van der Waals surface area contributed by atoms with Crippen molar-refractivity contribution in [3.63, 3.8) is 0 Å². The molecule has 14 heavy (non-hydrogen) atoms. The van der Waals surface area contributed by atoms with E-state index in [0.717, 1.165) is 12.1 Å². The molecular formula is C10H8F3N. The van der Waals surface area contributed by atoms with Crippen molar-refractivity contribution in [3.8, 4) is 6.07 Å². The minimum Gasteiger partial charge on any atom is -0.207 e. The van der Waals surface area contributed by atoms with E-state index >= 15 is 0 Å². The van der Waals surface area contributed by atoms with Gasteiger partial charge in [-0.05, 0) is 24.1 Å². The zero-order chi connectivity index (χ0) is 10.6. The molecule has 0 aliphatic carbocycles. The lowest BCUT2D eigenvalue weighted by Crippen LogP contribution is -1.95. The standard InChI is InChI=1S/C10H8F3N/c11-8-4-3-7(2-1-5-14)9(6-8)10(12)13/h3-4,6,10H,1-2H2. The van der Waals surface area contributed by atoms with Gasteiger partial charge in [-0.15, -0.1) is 0 Å². The first-order chi connectivity index (χ1) is 6.65. The Kier molecular flexibility index (Phi) is 3.52. The molecule has 74 valence electrons. The van der Waals surface area contributed by atoms with Crippen LogP contribution in [-0.4, -0.2) is 0 Å². The van der Waals surface area contributed by atoms with Gasteiger partial charge in [0.25, 0.3) is 6.43 Å². The number of hydrogen-bond acceptors (Lipinski definition) is 1. The fourth-order valence-corrected chi connectivity index (χ4v) is 1.19. The molecule has 0 aliphatic rings. The van der Waals surface area contributed by atoms with Crippen LogP contribution in [0.3, 0.4) is 0 Å². The molecule has 0 N–H and O–H groups in total. The normalized spacial score (nSPS) is 10.2. The van der Waals surface area contributed by atoms with Crippen molar-refractivity contribution >= 4 is 0 Å². The van der Waals surface area contributed by atoms with Gasteiger partial charge in [-0.1, -0.05) is 6.07 Å². The van der Waals surface area contributed by atoms with Crippen LogP contribution >= 0.6 is 0 Å². The summed E-state index contributed by atoms with van der Waals surface area (Å²) < 4.78 is 37.4. The third-order valence-corrected chi connectivity index (χ3v) is 1.85. The molecule has 1 rings (SSSR count). The second kappa shape index (κ2) is 4.66. The summed E-state index contributed by atoms with van der Waals surface area (Å²) in [5.41, 5.74) is 0.0169. The number of nitriles is 1. The molecule has 0 amide bonds. The van der Waals surface area contributed by atoms with Gasteiger partial charge in [0.1, 0.15) is 5.82 Å². The van der Waals surface area contributed by atoms with E-state index in [9.17, 15) is 13.2 Å². The van der Waals surface area contributed by atoms with Gasteiger partial charge < -0.3 is 0 Å². The number of benzene rings is 1. The predicted molar refractivity (Wildman–Crippen MR) is 45.3 cm³/mol. The summed E-state index contributed by atoms with van der Waals surface area (Å²) in [6, 6.07) is 5.10. The molecule has 1 aromatic carbocycles. The maximum atomic E-state index is 12.6. The zero-order valence-electron chi connectivity index (χ0n) is 7.30. The van der Waals surface area contributed by atoms with Crippen LogP contribution in [0.15, 0.2) is 18.2 Å². The molecule has 0 heterocycles. The Balaban J connectivity index is 2.97. The third-order valence-electron chi connectivity index (χ3n) is 1.85. The zero-order valence-corrected chi connectivity index (χ0v) is 7.30. The first-order valence-electron chi connectivity index (χ1n) is 4.08.